The zero-order chi connectivity index (χ0) is 34.9. The summed E-state index contributed by atoms with van der Waals surface area (Å²) in [5, 5.41) is 5.23. The third kappa shape index (κ3) is 5.07. The fraction of sp³-hybridized carbons (Fsp3) is 0.120. The zero-order valence-electron chi connectivity index (χ0n) is 30.0. The molecule has 1 aliphatic rings. The van der Waals surface area contributed by atoms with Gasteiger partial charge in [-0.05, 0) is 152 Å². The van der Waals surface area contributed by atoms with Crippen LogP contribution in [0.15, 0.2) is 158 Å². The molecule has 1 heteroatoms. The highest BCUT2D eigenvalue weighted by Crippen LogP contribution is 2.52. The number of benzene rings is 8. The van der Waals surface area contributed by atoms with E-state index in [9.17, 15) is 0 Å². The lowest BCUT2D eigenvalue weighted by Gasteiger charge is -2.28. The summed E-state index contributed by atoms with van der Waals surface area (Å²) in [6.07, 6.45) is 0. The molecule has 0 saturated heterocycles. The van der Waals surface area contributed by atoms with Gasteiger partial charge in [0.05, 0.1) is 0 Å². The smallest absolute Gasteiger partial charge is 0.0465 e. The highest BCUT2D eigenvalue weighted by molar-refractivity contribution is 6.15. The van der Waals surface area contributed by atoms with Gasteiger partial charge in [0.25, 0.3) is 0 Å². The first-order valence-corrected chi connectivity index (χ1v) is 18.0. The Labute approximate surface area is 301 Å². The summed E-state index contributed by atoms with van der Waals surface area (Å²) in [6, 6.07) is 58.6. The van der Waals surface area contributed by atoms with E-state index in [-0.39, 0.29) is 5.41 Å². The Bertz CT molecular complexity index is 2600. The van der Waals surface area contributed by atoms with Crippen molar-refractivity contribution < 1.29 is 0 Å². The molecule has 0 fully saturated rings. The van der Waals surface area contributed by atoms with Crippen molar-refractivity contribution in [2.45, 2.75) is 40.0 Å². The first-order valence-electron chi connectivity index (χ1n) is 18.0. The van der Waals surface area contributed by atoms with Crippen LogP contribution in [0.5, 0.6) is 0 Å². The molecular formula is C50H41N. The Kier molecular flexibility index (Phi) is 7.22. The summed E-state index contributed by atoms with van der Waals surface area (Å²) in [5.41, 5.74) is 17.6. The van der Waals surface area contributed by atoms with Crippen molar-refractivity contribution in [2.24, 2.45) is 0 Å². The van der Waals surface area contributed by atoms with Crippen molar-refractivity contribution >= 4 is 38.6 Å². The first-order chi connectivity index (χ1) is 24.8. The van der Waals surface area contributed by atoms with Crippen molar-refractivity contribution in [1.82, 2.24) is 0 Å². The maximum Gasteiger partial charge on any atom is 0.0465 e. The molecule has 0 aromatic heterocycles. The molecule has 0 atom stereocenters. The summed E-state index contributed by atoms with van der Waals surface area (Å²) in [5.74, 6) is 0. The van der Waals surface area contributed by atoms with E-state index in [2.05, 4.69) is 197 Å². The zero-order valence-corrected chi connectivity index (χ0v) is 30.0. The van der Waals surface area contributed by atoms with E-state index in [1.165, 1.54) is 99.8 Å². The largest absolute Gasteiger partial charge is 0.310 e. The lowest BCUT2D eigenvalue weighted by molar-refractivity contribution is 0.660. The molecule has 0 saturated carbocycles. The minimum Gasteiger partial charge on any atom is -0.310 e. The molecule has 0 amide bonds. The van der Waals surface area contributed by atoms with Crippen LogP contribution in [0.1, 0.15) is 41.7 Å². The molecule has 0 unspecified atom stereocenters. The van der Waals surface area contributed by atoms with Gasteiger partial charge >= 0.3 is 0 Å². The van der Waals surface area contributed by atoms with Crippen molar-refractivity contribution in [3.8, 4) is 33.4 Å². The number of hydrogen-bond acceptors (Lipinski definition) is 1. The molecule has 1 aliphatic carbocycles. The van der Waals surface area contributed by atoms with Crippen molar-refractivity contribution in [3.05, 3.63) is 186 Å². The number of nitrogens with zero attached hydrogens (tertiary/aromatic N) is 1. The minimum absolute atomic E-state index is 0.166. The molecule has 8 aromatic carbocycles. The van der Waals surface area contributed by atoms with Crippen molar-refractivity contribution in [2.75, 3.05) is 4.90 Å². The minimum atomic E-state index is -0.166. The highest BCUT2D eigenvalue weighted by Gasteiger charge is 2.36. The monoisotopic (exact) mass is 655 g/mol. The molecule has 0 spiro atoms. The Morgan fingerprint density at radius 1 is 0.392 bits per heavy atom. The van der Waals surface area contributed by atoms with Gasteiger partial charge in [-0.15, -0.1) is 0 Å². The second-order valence-corrected chi connectivity index (χ2v) is 14.8. The summed E-state index contributed by atoms with van der Waals surface area (Å²) in [4.78, 5) is 2.40. The molecule has 1 nitrogen and oxygen atoms in total. The van der Waals surface area contributed by atoms with E-state index in [4.69, 9.17) is 0 Å². The van der Waals surface area contributed by atoms with Crippen LogP contribution in [0.4, 0.5) is 17.1 Å². The molecule has 0 N–H and O–H groups in total. The van der Waals surface area contributed by atoms with Crippen molar-refractivity contribution in [1.29, 1.82) is 0 Å². The number of rotatable bonds is 5. The molecular weight excluding hydrogens is 615 g/mol. The quantitative estimate of drug-likeness (QED) is 0.167. The predicted molar refractivity (Wildman–Crippen MR) is 219 cm³/mol. The summed E-state index contributed by atoms with van der Waals surface area (Å²) < 4.78 is 0. The lowest BCUT2D eigenvalue weighted by atomic mass is 9.81. The second kappa shape index (κ2) is 11.9. The predicted octanol–water partition coefficient (Wildman–Crippen LogP) is 14.0. The summed E-state index contributed by atoms with van der Waals surface area (Å²) in [6.45, 7) is 11.4. The molecule has 246 valence electrons. The van der Waals surface area contributed by atoms with Crippen LogP contribution in [0.25, 0.3) is 54.9 Å². The van der Waals surface area contributed by atoms with Crippen LogP contribution < -0.4 is 4.90 Å². The molecule has 0 heterocycles. The van der Waals surface area contributed by atoms with Crippen LogP contribution in [0.2, 0.25) is 0 Å². The molecule has 8 aromatic rings. The maximum absolute atomic E-state index is 2.45. The van der Waals surface area contributed by atoms with E-state index < -0.39 is 0 Å². The average molecular weight is 656 g/mol. The van der Waals surface area contributed by atoms with Gasteiger partial charge in [0.2, 0.25) is 0 Å². The van der Waals surface area contributed by atoms with Gasteiger partial charge in [0, 0.05) is 22.5 Å². The molecule has 0 radical (unpaired) electrons. The second-order valence-electron chi connectivity index (χ2n) is 14.8. The van der Waals surface area contributed by atoms with Gasteiger partial charge in [-0.25, -0.2) is 0 Å². The normalized spacial score (nSPS) is 13.0. The van der Waals surface area contributed by atoms with E-state index >= 15 is 0 Å². The van der Waals surface area contributed by atoms with E-state index in [0.717, 1.165) is 0 Å². The number of aryl methyl sites for hydroxylation is 3. The van der Waals surface area contributed by atoms with Gasteiger partial charge in [0.1, 0.15) is 0 Å². The lowest BCUT2D eigenvalue weighted by Crippen LogP contribution is -2.16. The number of fused-ring (bicyclic) bond motifs is 5. The number of hydrogen-bond donors (Lipinski definition) is 0. The molecule has 9 rings (SSSR count). The van der Waals surface area contributed by atoms with Crippen LogP contribution in [0, 0.1) is 20.8 Å². The van der Waals surface area contributed by atoms with E-state index in [0.29, 0.717) is 0 Å². The molecule has 0 bridgehead atoms. The Hall–Kier alpha value is -5.92. The van der Waals surface area contributed by atoms with E-state index in [1.807, 2.05) is 0 Å². The standard InChI is InChI=1S/C50H41N/c1-32-13-11-17-38(27-32)51(39-18-12-14-33(2)28-39)40-23-26-44-43-25-22-37(30-47(43)50(4,5)48(44)31-40)36-21-24-42-34(3)41-19-9-10-20-45(41)49(46(42)29-36)35-15-7-6-8-16-35/h6-31H,1-5H3. The van der Waals surface area contributed by atoms with E-state index in [1.54, 1.807) is 0 Å². The fourth-order valence-electron chi connectivity index (χ4n) is 8.52. The Morgan fingerprint density at radius 3 is 1.63 bits per heavy atom. The van der Waals surface area contributed by atoms with Gasteiger partial charge in [0.15, 0.2) is 0 Å². The first kappa shape index (κ1) is 31.1. The fourth-order valence-corrected chi connectivity index (χ4v) is 8.52. The highest BCUT2D eigenvalue weighted by atomic mass is 15.1. The van der Waals surface area contributed by atoms with Crippen LogP contribution in [-0.4, -0.2) is 0 Å². The summed E-state index contributed by atoms with van der Waals surface area (Å²) >= 11 is 0. The SMILES string of the molecule is Cc1cccc(N(c2cccc(C)c2)c2ccc3c(c2)C(C)(C)c2cc(-c4ccc5c(C)c6ccccc6c(-c6ccccc6)c5c4)ccc2-3)c1. The topological polar surface area (TPSA) is 3.24 Å². The van der Waals surface area contributed by atoms with Gasteiger partial charge in [-0.2, -0.15) is 0 Å². The van der Waals surface area contributed by atoms with Gasteiger partial charge in [-0.1, -0.05) is 123 Å². The van der Waals surface area contributed by atoms with Crippen LogP contribution in [0.3, 0.4) is 0 Å². The molecule has 51 heavy (non-hydrogen) atoms. The van der Waals surface area contributed by atoms with Crippen molar-refractivity contribution in [3.63, 3.8) is 0 Å². The third-order valence-corrected chi connectivity index (χ3v) is 11.1. The van der Waals surface area contributed by atoms with Gasteiger partial charge in [-0.3, -0.25) is 0 Å². The number of anilines is 3. The van der Waals surface area contributed by atoms with Gasteiger partial charge < -0.3 is 4.90 Å². The van der Waals surface area contributed by atoms with Crippen LogP contribution in [-0.2, 0) is 5.41 Å². The Balaban J connectivity index is 1.17. The third-order valence-electron chi connectivity index (χ3n) is 11.1. The average Bonchev–Trinajstić information content (AvgIpc) is 3.37. The summed E-state index contributed by atoms with van der Waals surface area (Å²) in [7, 11) is 0. The molecule has 0 aliphatic heterocycles. The van der Waals surface area contributed by atoms with Crippen LogP contribution >= 0.6 is 0 Å². The maximum atomic E-state index is 2.45. The Morgan fingerprint density at radius 2 is 0.941 bits per heavy atom.